The van der Waals surface area contributed by atoms with Crippen LogP contribution in [0.25, 0.3) is 0 Å². The van der Waals surface area contributed by atoms with E-state index in [1.54, 1.807) is 0 Å². The van der Waals surface area contributed by atoms with Crippen LogP contribution in [0.15, 0.2) is 12.2 Å². The number of unbranched alkanes of at least 4 members (excludes halogenated alkanes) is 51. The summed E-state index contributed by atoms with van der Waals surface area (Å²) < 4.78 is 34.3. The average Bonchev–Trinajstić information content (AvgIpc) is 3.42. The first-order valence-electron chi connectivity index (χ1n) is 35.4. The summed E-state index contributed by atoms with van der Waals surface area (Å²) in [6.07, 6.45) is 75.9. The highest BCUT2D eigenvalue weighted by Crippen LogP contribution is 2.38. The number of rotatable bonds is 67. The predicted octanol–water partition coefficient (Wildman–Crippen LogP) is 22.1. The maximum Gasteiger partial charge on any atom is 0.306 e. The van der Waals surface area contributed by atoms with Gasteiger partial charge < -0.3 is 27.9 Å². The van der Waals surface area contributed by atoms with E-state index < -0.39 is 26.5 Å². The number of nitrogens with zero attached hydrogens (tertiary/aromatic N) is 1. The minimum absolute atomic E-state index is 0.0262. The number of quaternary nitrogens is 1. The van der Waals surface area contributed by atoms with Crippen LogP contribution in [0.2, 0.25) is 0 Å². The summed E-state index contributed by atoms with van der Waals surface area (Å²) in [4.78, 5) is 38.1. The highest BCUT2D eigenvalue weighted by Gasteiger charge is 2.22. The first-order valence-corrected chi connectivity index (χ1v) is 36.9. The summed E-state index contributed by atoms with van der Waals surface area (Å²) in [7, 11) is 1.19. The Labute approximate surface area is 498 Å². The molecule has 2 atom stereocenters. The lowest BCUT2D eigenvalue weighted by Gasteiger charge is -2.28. The van der Waals surface area contributed by atoms with Crippen molar-refractivity contribution < 1.29 is 42.1 Å². The summed E-state index contributed by atoms with van der Waals surface area (Å²) in [5, 5.41) is 0. The molecule has 0 aliphatic carbocycles. The molecule has 476 valence electrons. The van der Waals surface area contributed by atoms with Crippen molar-refractivity contribution in [1.82, 2.24) is 0 Å². The molecule has 10 heteroatoms. The smallest absolute Gasteiger partial charge is 0.306 e. The molecule has 0 N–H and O–H groups in total. The fourth-order valence-electron chi connectivity index (χ4n) is 10.8. The van der Waals surface area contributed by atoms with Crippen LogP contribution in [0.5, 0.6) is 0 Å². The minimum Gasteiger partial charge on any atom is -0.756 e. The summed E-state index contributed by atoms with van der Waals surface area (Å²) in [5.74, 6) is -0.807. The molecule has 0 aromatic carbocycles. The molecule has 0 bridgehead atoms. The maximum atomic E-state index is 12.9. The molecule has 0 aliphatic heterocycles. The maximum absolute atomic E-state index is 12.9. The largest absolute Gasteiger partial charge is 0.756 e. The van der Waals surface area contributed by atoms with Gasteiger partial charge in [-0.3, -0.25) is 14.2 Å². The summed E-state index contributed by atoms with van der Waals surface area (Å²) in [5.41, 5.74) is 0. The van der Waals surface area contributed by atoms with Gasteiger partial charge in [0.25, 0.3) is 7.82 Å². The van der Waals surface area contributed by atoms with Gasteiger partial charge in [-0.05, 0) is 38.5 Å². The van der Waals surface area contributed by atoms with E-state index in [9.17, 15) is 19.0 Å². The van der Waals surface area contributed by atoms with Crippen molar-refractivity contribution >= 4 is 19.8 Å². The monoisotopic (exact) mass is 1150 g/mol. The SMILES string of the molecule is CCCCCCCCCC/C=C\CCCCCCCCCCCCCCCCCC(=O)OC(COC(=O)CCCCCCCCCCCCCCCCCCCCCCCCCCCCCCC)COP(=O)([O-])OCC[N+](C)(C)C. The van der Waals surface area contributed by atoms with E-state index in [0.29, 0.717) is 17.4 Å². The number of allylic oxidation sites excluding steroid dienone is 2. The molecule has 0 saturated heterocycles. The molecule has 0 aromatic heterocycles. The topological polar surface area (TPSA) is 111 Å². The van der Waals surface area contributed by atoms with E-state index in [4.69, 9.17) is 18.5 Å². The van der Waals surface area contributed by atoms with Gasteiger partial charge >= 0.3 is 11.9 Å². The third-order valence-electron chi connectivity index (χ3n) is 16.3. The van der Waals surface area contributed by atoms with Gasteiger partial charge in [-0.25, -0.2) is 0 Å². The second kappa shape index (κ2) is 62.3. The van der Waals surface area contributed by atoms with Crippen LogP contribution in [0.1, 0.15) is 373 Å². The fraction of sp³-hybridized carbons (Fsp3) is 0.943. The van der Waals surface area contributed by atoms with Gasteiger partial charge in [0.05, 0.1) is 27.7 Å². The van der Waals surface area contributed by atoms with Gasteiger partial charge in [0.15, 0.2) is 6.10 Å². The molecule has 0 radical (unpaired) electrons. The van der Waals surface area contributed by atoms with Crippen molar-refractivity contribution in [1.29, 1.82) is 0 Å². The number of hydrogen-bond acceptors (Lipinski definition) is 8. The summed E-state index contributed by atoms with van der Waals surface area (Å²) in [6, 6.07) is 0. The van der Waals surface area contributed by atoms with Crippen molar-refractivity contribution in [3.63, 3.8) is 0 Å². The number of phosphoric acid groups is 1. The third kappa shape index (κ3) is 65.9. The van der Waals surface area contributed by atoms with Crippen LogP contribution in [-0.4, -0.2) is 70.0 Å². The molecule has 2 unspecified atom stereocenters. The molecule has 9 nitrogen and oxygen atoms in total. The number of ether oxygens (including phenoxy) is 2. The van der Waals surface area contributed by atoms with Crippen LogP contribution in [-0.2, 0) is 32.7 Å². The zero-order valence-electron chi connectivity index (χ0n) is 54.3. The van der Waals surface area contributed by atoms with E-state index in [1.165, 1.54) is 308 Å². The van der Waals surface area contributed by atoms with Crippen LogP contribution in [0.4, 0.5) is 0 Å². The highest BCUT2D eigenvalue weighted by atomic mass is 31.2. The number of phosphoric ester groups is 1. The Morgan fingerprint density at radius 2 is 0.637 bits per heavy atom. The molecule has 0 spiro atoms. The van der Waals surface area contributed by atoms with Crippen molar-refractivity contribution in [3.05, 3.63) is 12.2 Å². The highest BCUT2D eigenvalue weighted by molar-refractivity contribution is 7.45. The molecule has 0 aliphatic rings. The quantitative estimate of drug-likeness (QED) is 0.0195. The van der Waals surface area contributed by atoms with Gasteiger partial charge in [-0.1, -0.05) is 334 Å². The summed E-state index contributed by atoms with van der Waals surface area (Å²) in [6.45, 7) is 4.33. The first-order chi connectivity index (χ1) is 39.0. The van der Waals surface area contributed by atoms with E-state index in [0.717, 1.165) is 32.1 Å². The van der Waals surface area contributed by atoms with E-state index >= 15 is 0 Å². The Morgan fingerprint density at radius 3 is 0.925 bits per heavy atom. The molecule has 0 fully saturated rings. The van der Waals surface area contributed by atoms with Gasteiger partial charge in [-0.15, -0.1) is 0 Å². The molecule has 0 saturated carbocycles. The molecule has 80 heavy (non-hydrogen) atoms. The van der Waals surface area contributed by atoms with Crippen LogP contribution >= 0.6 is 7.82 Å². The normalized spacial score (nSPS) is 13.1. The van der Waals surface area contributed by atoms with Gasteiger partial charge in [-0.2, -0.15) is 0 Å². The van der Waals surface area contributed by atoms with Crippen LogP contribution in [0, 0.1) is 0 Å². The van der Waals surface area contributed by atoms with E-state index in [2.05, 4.69) is 26.0 Å². The number of carbonyl (C=O) groups excluding carboxylic acids is 2. The molecular weight excluding hydrogens is 1010 g/mol. The average molecular weight is 1150 g/mol. The molecule has 0 heterocycles. The summed E-state index contributed by atoms with van der Waals surface area (Å²) >= 11 is 0. The lowest BCUT2D eigenvalue weighted by Crippen LogP contribution is -2.37. The minimum atomic E-state index is -4.64. The zero-order valence-corrected chi connectivity index (χ0v) is 55.2. The Hall–Kier alpha value is -1.25. The lowest BCUT2D eigenvalue weighted by atomic mass is 10.0. The van der Waals surface area contributed by atoms with Gasteiger partial charge in [0, 0.05) is 12.8 Å². The van der Waals surface area contributed by atoms with Crippen molar-refractivity contribution in [2.45, 2.75) is 380 Å². The number of carbonyl (C=O) groups is 2. The Bertz CT molecular complexity index is 1350. The van der Waals surface area contributed by atoms with Gasteiger partial charge in [0.1, 0.15) is 19.8 Å². The predicted molar refractivity (Wildman–Crippen MR) is 342 cm³/mol. The van der Waals surface area contributed by atoms with E-state index in [1.807, 2.05) is 21.1 Å². The molecule has 0 aromatic rings. The fourth-order valence-corrected chi connectivity index (χ4v) is 11.6. The lowest BCUT2D eigenvalue weighted by molar-refractivity contribution is -0.870. The zero-order chi connectivity index (χ0) is 58.4. The number of esters is 2. The Morgan fingerprint density at radius 1 is 0.375 bits per heavy atom. The van der Waals surface area contributed by atoms with E-state index in [-0.39, 0.29) is 32.0 Å². The van der Waals surface area contributed by atoms with Crippen molar-refractivity contribution in [3.8, 4) is 0 Å². The van der Waals surface area contributed by atoms with Crippen LogP contribution < -0.4 is 4.89 Å². The molecule has 0 amide bonds. The standard InChI is InChI=1S/C70H138NO8P/c1-6-8-10-12-14-16-18-20-22-24-26-28-30-32-34-35-37-38-40-42-44-46-48-50-52-54-56-58-60-62-69(72)76-66-68(67-78-80(74,75)77-65-64-71(3,4)5)79-70(73)63-61-59-57-55-53-51-49-47-45-43-41-39-36-33-31-29-27-25-23-21-19-17-15-13-11-9-7-2/h25,27,68H,6-24,26,28-67H2,1-5H3/b27-25-. The van der Waals surface area contributed by atoms with Crippen molar-refractivity contribution in [2.24, 2.45) is 0 Å². The second-order valence-electron chi connectivity index (χ2n) is 25.6. The molecule has 0 rings (SSSR count). The van der Waals surface area contributed by atoms with Gasteiger partial charge in [0.2, 0.25) is 0 Å². The number of hydrogen-bond donors (Lipinski definition) is 0. The van der Waals surface area contributed by atoms with Crippen LogP contribution in [0.3, 0.4) is 0 Å². The Balaban J connectivity index is 3.98. The third-order valence-corrected chi connectivity index (χ3v) is 17.2. The Kier molecular flexibility index (Phi) is 61.3. The number of likely N-dealkylation sites (N-methyl/N-ethyl adjacent to an activating group) is 1. The molecular formula is C70H138NO8P. The first kappa shape index (κ1) is 78.8. The van der Waals surface area contributed by atoms with Crippen molar-refractivity contribution in [2.75, 3.05) is 47.5 Å². The second-order valence-corrected chi connectivity index (χ2v) is 27.0.